The number of aromatic nitrogens is 6. The zero-order valence-electron chi connectivity index (χ0n) is 27.9. The summed E-state index contributed by atoms with van der Waals surface area (Å²) in [5, 5.41) is 10.5. The molecule has 1 aliphatic rings. The number of nitrogens with one attached hydrogen (secondary N) is 2. The van der Waals surface area contributed by atoms with Gasteiger partial charge in [-0.3, -0.25) is 24.4 Å². The van der Waals surface area contributed by atoms with E-state index in [1.807, 2.05) is 18.4 Å². The fourth-order valence-electron chi connectivity index (χ4n) is 6.25. The number of imidazole rings is 2. The minimum absolute atomic E-state index is 0.0969. The van der Waals surface area contributed by atoms with Crippen molar-refractivity contribution in [2.45, 2.75) is 52.2 Å². The minimum atomic E-state index is -0.626. The van der Waals surface area contributed by atoms with Gasteiger partial charge in [0.2, 0.25) is 23.7 Å². The Morgan fingerprint density at radius 1 is 0.980 bits per heavy atom. The van der Waals surface area contributed by atoms with Gasteiger partial charge in [-0.2, -0.15) is 5.10 Å². The maximum atomic E-state index is 13.6. The highest BCUT2D eigenvalue weighted by Crippen LogP contribution is 2.39. The van der Waals surface area contributed by atoms with Gasteiger partial charge in [0.25, 0.3) is 5.91 Å². The van der Waals surface area contributed by atoms with Crippen molar-refractivity contribution in [1.82, 2.24) is 28.9 Å². The number of aryl methyl sites for hydroxylation is 3. The lowest BCUT2D eigenvalue weighted by atomic mass is 10.1. The average Bonchev–Trinajstić information content (AvgIpc) is 3.77. The summed E-state index contributed by atoms with van der Waals surface area (Å²) in [6.07, 6.45) is 1.91. The van der Waals surface area contributed by atoms with Gasteiger partial charge in [0, 0.05) is 51.4 Å². The van der Waals surface area contributed by atoms with Gasteiger partial charge in [-0.15, -0.1) is 0 Å². The topological polar surface area (TPSA) is 208 Å². The molecule has 258 valence electrons. The van der Waals surface area contributed by atoms with Crippen molar-refractivity contribution < 1.29 is 28.6 Å². The molecule has 16 heteroatoms. The van der Waals surface area contributed by atoms with Crippen molar-refractivity contribution in [2.24, 2.45) is 11.5 Å². The number of fused-ring (bicyclic) bond motifs is 1. The molecule has 5 aromatic rings. The first-order valence-corrected chi connectivity index (χ1v) is 16.1. The number of carbonyl (C=O) groups excluding carboxylic acids is 3. The Kier molecular flexibility index (Phi) is 9.40. The molecule has 0 saturated heterocycles. The number of amides is 3. The van der Waals surface area contributed by atoms with Gasteiger partial charge in [0.05, 0.1) is 29.4 Å². The molecule has 16 nitrogen and oxygen atoms in total. The molecule has 1 atom stereocenters. The number of rotatable bonds is 15. The molecule has 49 heavy (non-hydrogen) atoms. The number of hydrogen-bond acceptors (Lipinski definition) is 10. The first kappa shape index (κ1) is 33.3. The summed E-state index contributed by atoms with van der Waals surface area (Å²) in [6.45, 7) is 5.85. The first-order valence-electron chi connectivity index (χ1n) is 16.1. The van der Waals surface area contributed by atoms with Gasteiger partial charge in [0.1, 0.15) is 34.8 Å². The maximum absolute atomic E-state index is 13.6. The largest absolute Gasteiger partial charge is 0.491 e. The smallest absolute Gasteiger partial charge is 0.276 e. The molecule has 3 aromatic heterocycles. The van der Waals surface area contributed by atoms with Gasteiger partial charge in [-0.1, -0.05) is 0 Å². The fourth-order valence-corrected chi connectivity index (χ4v) is 6.25. The molecule has 1 aliphatic heterocycles. The van der Waals surface area contributed by atoms with E-state index in [4.69, 9.17) is 35.6 Å². The SMILES string of the molecule is CCn1nc(C)cc1C(=O)Nc1nc2cc(C(N)=O)cc(OCCCOC)c2n1CCCC1COc2cc(C(N)=O)cc3nc(NC)n1c23. The molecule has 0 aliphatic carbocycles. The Balaban J connectivity index is 1.35. The van der Waals surface area contributed by atoms with Crippen molar-refractivity contribution in [2.75, 3.05) is 44.6 Å². The summed E-state index contributed by atoms with van der Waals surface area (Å²) in [7, 11) is 3.41. The van der Waals surface area contributed by atoms with Crippen LogP contribution in [0.4, 0.5) is 11.9 Å². The molecule has 6 rings (SSSR count). The highest BCUT2D eigenvalue weighted by molar-refractivity contribution is 6.04. The highest BCUT2D eigenvalue weighted by atomic mass is 16.5. The molecular weight excluding hydrogens is 632 g/mol. The zero-order chi connectivity index (χ0) is 34.8. The molecule has 0 spiro atoms. The Bertz CT molecular complexity index is 2060. The van der Waals surface area contributed by atoms with E-state index >= 15 is 0 Å². The van der Waals surface area contributed by atoms with Crippen molar-refractivity contribution >= 4 is 51.7 Å². The Hall–Kier alpha value is -5.64. The summed E-state index contributed by atoms with van der Waals surface area (Å²) in [6, 6.07) is 8.13. The maximum Gasteiger partial charge on any atom is 0.276 e. The molecule has 0 saturated carbocycles. The van der Waals surface area contributed by atoms with Gasteiger partial charge in [-0.05, 0) is 57.0 Å². The van der Waals surface area contributed by atoms with Crippen molar-refractivity contribution in [3.8, 4) is 11.5 Å². The van der Waals surface area contributed by atoms with Crippen LogP contribution < -0.4 is 31.6 Å². The number of primary amides is 2. The number of benzene rings is 2. The van der Waals surface area contributed by atoms with Crippen LogP contribution in [-0.2, 0) is 17.8 Å². The summed E-state index contributed by atoms with van der Waals surface area (Å²) in [5.41, 5.74) is 15.3. The van der Waals surface area contributed by atoms with E-state index in [2.05, 4.69) is 20.3 Å². The number of anilines is 2. The fraction of sp³-hybridized carbons (Fsp3) is 0.394. The standard InChI is InChI=1S/C33H40N10O6/c1-5-42-24(12-18(2)40-42)31(46)39-33-38-22-13-19(29(34)44)15-25(48-11-7-10-47-4)27(22)41(33)9-6-8-21-17-49-26-16-20(30(35)45)14-23-28(26)43(21)32(36-3)37-23/h12-16,21H,5-11,17H2,1-4H3,(H2,34,44)(H2,35,45)(H,36,37)(H,38,39,46). The van der Waals surface area contributed by atoms with Crippen LogP contribution in [-0.4, -0.2) is 80.6 Å². The molecular formula is C33H40N10O6. The van der Waals surface area contributed by atoms with Crippen LogP contribution in [0.2, 0.25) is 0 Å². The van der Waals surface area contributed by atoms with Crippen molar-refractivity contribution in [3.63, 3.8) is 0 Å². The second-order valence-corrected chi connectivity index (χ2v) is 11.8. The van der Waals surface area contributed by atoms with Crippen LogP contribution >= 0.6 is 0 Å². The number of nitrogens with two attached hydrogens (primary N) is 2. The van der Waals surface area contributed by atoms with E-state index in [0.29, 0.717) is 97.4 Å². The first-order chi connectivity index (χ1) is 23.6. The van der Waals surface area contributed by atoms with Crippen molar-refractivity contribution in [3.05, 3.63) is 52.8 Å². The number of carbonyl (C=O) groups is 3. The van der Waals surface area contributed by atoms with E-state index in [1.54, 1.807) is 49.2 Å². The normalized spacial score (nSPS) is 13.8. The lowest BCUT2D eigenvalue weighted by Gasteiger charge is -2.27. The zero-order valence-corrected chi connectivity index (χ0v) is 27.9. The van der Waals surface area contributed by atoms with Crippen molar-refractivity contribution in [1.29, 1.82) is 0 Å². The van der Waals surface area contributed by atoms with Crippen LogP contribution in [0.5, 0.6) is 11.5 Å². The molecule has 2 aromatic carbocycles. The molecule has 4 heterocycles. The Morgan fingerprint density at radius 3 is 2.39 bits per heavy atom. The molecule has 3 amide bonds. The van der Waals surface area contributed by atoms with Crippen LogP contribution in [0, 0.1) is 6.92 Å². The lowest BCUT2D eigenvalue weighted by Crippen LogP contribution is -2.24. The van der Waals surface area contributed by atoms with E-state index in [1.165, 1.54) is 0 Å². The number of hydrogen-bond donors (Lipinski definition) is 4. The van der Waals surface area contributed by atoms with Gasteiger partial charge >= 0.3 is 0 Å². The second-order valence-electron chi connectivity index (χ2n) is 11.8. The Morgan fingerprint density at radius 2 is 1.69 bits per heavy atom. The predicted octanol–water partition coefficient (Wildman–Crippen LogP) is 3.23. The molecule has 6 N–H and O–H groups in total. The average molecular weight is 673 g/mol. The summed E-state index contributed by atoms with van der Waals surface area (Å²) >= 11 is 0. The predicted molar refractivity (Wildman–Crippen MR) is 182 cm³/mol. The van der Waals surface area contributed by atoms with Crippen LogP contribution in [0.1, 0.15) is 69.1 Å². The molecule has 0 radical (unpaired) electrons. The summed E-state index contributed by atoms with van der Waals surface area (Å²) in [4.78, 5) is 47.2. The third kappa shape index (κ3) is 6.46. The molecule has 0 fully saturated rings. The molecule has 1 unspecified atom stereocenters. The number of nitrogens with zero attached hydrogens (tertiary/aromatic N) is 6. The van der Waals surface area contributed by atoms with Gasteiger partial charge < -0.3 is 40.1 Å². The minimum Gasteiger partial charge on any atom is -0.491 e. The summed E-state index contributed by atoms with van der Waals surface area (Å²) in [5.74, 6) is 0.334. The van der Waals surface area contributed by atoms with E-state index < -0.39 is 11.8 Å². The second kappa shape index (κ2) is 13.8. The Labute approximate surface area is 281 Å². The van der Waals surface area contributed by atoms with Crippen LogP contribution in [0.25, 0.3) is 22.1 Å². The van der Waals surface area contributed by atoms with Gasteiger partial charge in [0.15, 0.2) is 0 Å². The van der Waals surface area contributed by atoms with E-state index in [9.17, 15) is 14.4 Å². The molecule has 0 bridgehead atoms. The third-order valence-electron chi connectivity index (χ3n) is 8.48. The quantitative estimate of drug-likeness (QED) is 0.119. The van der Waals surface area contributed by atoms with E-state index in [-0.39, 0.29) is 23.5 Å². The van der Waals surface area contributed by atoms with E-state index in [0.717, 1.165) is 11.2 Å². The lowest BCUT2D eigenvalue weighted by molar-refractivity contribution is 0.0991. The van der Waals surface area contributed by atoms with Crippen LogP contribution in [0.15, 0.2) is 30.3 Å². The summed E-state index contributed by atoms with van der Waals surface area (Å²) < 4.78 is 23.1. The number of methoxy groups -OCH3 is 1. The van der Waals surface area contributed by atoms with Gasteiger partial charge in [-0.25, -0.2) is 9.97 Å². The van der Waals surface area contributed by atoms with Crippen LogP contribution in [0.3, 0.4) is 0 Å². The monoisotopic (exact) mass is 672 g/mol. The number of ether oxygens (including phenoxy) is 3. The highest BCUT2D eigenvalue weighted by Gasteiger charge is 2.28. The third-order valence-corrected chi connectivity index (χ3v) is 8.48.